The average molecular weight is 1130 g/mol. The lowest BCUT2D eigenvalue weighted by atomic mass is 10.0. The molecule has 0 aliphatic heterocycles. The van der Waals surface area contributed by atoms with E-state index in [1.165, 1.54) is 128 Å². The minimum atomic E-state index is -1.63. The van der Waals surface area contributed by atoms with Crippen LogP contribution in [0, 0.1) is 0 Å². The SMILES string of the molecule is CC/C=C\C/C=C\C/C=C\C/C=C\C/C=C\C/C=C\C/C=C\C/C=C\CCCCCCCCCCCCCCCCCCC(=O)OC(COC(=O)CCCCCCC/C=C\CCCCCCCC)COC(OCC[N+](C)(C)C)C(=O)[O-]. The van der Waals surface area contributed by atoms with Crippen LogP contribution < -0.4 is 5.11 Å². The topological polar surface area (TPSA) is 111 Å². The minimum Gasteiger partial charge on any atom is -0.545 e. The summed E-state index contributed by atoms with van der Waals surface area (Å²) >= 11 is 0. The fraction of sp³-hybridized carbons (Fsp3) is 0.708. The Morgan fingerprint density at radius 2 is 0.704 bits per heavy atom. The van der Waals surface area contributed by atoms with Crippen molar-refractivity contribution in [3.05, 3.63) is 109 Å². The van der Waals surface area contributed by atoms with Crippen LogP contribution in [0.1, 0.15) is 271 Å². The normalized spacial score (nSPS) is 13.4. The van der Waals surface area contributed by atoms with Gasteiger partial charge in [0.2, 0.25) is 0 Å². The molecular weight excluding hydrogens is 1010 g/mol. The number of carbonyl (C=O) groups excluding carboxylic acids is 3. The zero-order chi connectivity index (χ0) is 59.1. The first kappa shape index (κ1) is 77.0. The summed E-state index contributed by atoms with van der Waals surface area (Å²) in [6, 6.07) is 0. The number of aliphatic carboxylic acids is 1. The van der Waals surface area contributed by atoms with Gasteiger partial charge in [-0.25, -0.2) is 0 Å². The summed E-state index contributed by atoms with van der Waals surface area (Å²) in [6.45, 7) is 4.63. The molecule has 0 rings (SSSR count). The predicted molar refractivity (Wildman–Crippen MR) is 343 cm³/mol. The van der Waals surface area contributed by atoms with Gasteiger partial charge in [0.05, 0.1) is 40.3 Å². The van der Waals surface area contributed by atoms with Crippen LogP contribution in [0.4, 0.5) is 0 Å². The molecule has 0 amide bonds. The summed E-state index contributed by atoms with van der Waals surface area (Å²) in [6.07, 6.45) is 83.1. The maximum atomic E-state index is 12.9. The van der Waals surface area contributed by atoms with E-state index in [4.69, 9.17) is 18.9 Å². The monoisotopic (exact) mass is 1130 g/mol. The third-order valence-corrected chi connectivity index (χ3v) is 14.0. The molecule has 0 saturated heterocycles. The number of allylic oxidation sites excluding steroid dienone is 18. The van der Waals surface area contributed by atoms with E-state index in [9.17, 15) is 19.5 Å². The highest BCUT2D eigenvalue weighted by molar-refractivity contribution is 5.70. The van der Waals surface area contributed by atoms with Gasteiger partial charge in [-0.1, -0.05) is 264 Å². The van der Waals surface area contributed by atoms with Crippen LogP contribution >= 0.6 is 0 Å². The first-order chi connectivity index (χ1) is 39.6. The second-order valence-corrected chi connectivity index (χ2v) is 23.0. The molecule has 2 unspecified atom stereocenters. The Hall–Kier alpha value is -4.05. The van der Waals surface area contributed by atoms with Gasteiger partial charge in [0, 0.05) is 12.8 Å². The van der Waals surface area contributed by atoms with E-state index in [-0.39, 0.29) is 38.6 Å². The van der Waals surface area contributed by atoms with Crippen LogP contribution in [0.5, 0.6) is 0 Å². The summed E-state index contributed by atoms with van der Waals surface area (Å²) < 4.78 is 22.7. The Morgan fingerprint density at radius 3 is 1.06 bits per heavy atom. The molecule has 0 bridgehead atoms. The molecule has 0 spiro atoms. The number of ether oxygens (including phenoxy) is 4. The van der Waals surface area contributed by atoms with Crippen LogP contribution in [0.15, 0.2) is 109 Å². The summed E-state index contributed by atoms with van der Waals surface area (Å²) in [5.74, 6) is -2.29. The largest absolute Gasteiger partial charge is 0.545 e. The zero-order valence-corrected chi connectivity index (χ0v) is 52.9. The number of carboxylic acid groups (broad SMARTS) is 1. The van der Waals surface area contributed by atoms with E-state index in [1.807, 2.05) is 21.1 Å². The van der Waals surface area contributed by atoms with E-state index in [2.05, 4.69) is 123 Å². The highest BCUT2D eigenvalue weighted by atomic mass is 16.7. The highest BCUT2D eigenvalue weighted by Gasteiger charge is 2.22. The summed E-state index contributed by atoms with van der Waals surface area (Å²) in [7, 11) is 5.92. The minimum absolute atomic E-state index is 0.144. The van der Waals surface area contributed by atoms with Crippen molar-refractivity contribution >= 4 is 17.9 Å². The first-order valence-corrected chi connectivity index (χ1v) is 33.0. The second kappa shape index (κ2) is 62.0. The third kappa shape index (κ3) is 63.4. The number of hydrogen-bond acceptors (Lipinski definition) is 8. The first-order valence-electron chi connectivity index (χ1n) is 33.0. The molecule has 0 aliphatic carbocycles. The van der Waals surface area contributed by atoms with Crippen LogP contribution in [0.25, 0.3) is 0 Å². The fourth-order valence-corrected chi connectivity index (χ4v) is 8.96. The van der Waals surface area contributed by atoms with Crippen molar-refractivity contribution in [2.75, 3.05) is 47.5 Å². The van der Waals surface area contributed by atoms with Crippen molar-refractivity contribution in [1.29, 1.82) is 0 Å². The quantitative estimate of drug-likeness (QED) is 0.0195. The summed E-state index contributed by atoms with van der Waals surface area (Å²) in [5.41, 5.74) is 0. The number of carboxylic acids is 1. The molecule has 0 aromatic heterocycles. The third-order valence-electron chi connectivity index (χ3n) is 14.0. The Balaban J connectivity index is 4.04. The highest BCUT2D eigenvalue weighted by Crippen LogP contribution is 2.16. The molecule has 2 atom stereocenters. The van der Waals surface area contributed by atoms with Crippen molar-refractivity contribution in [2.24, 2.45) is 0 Å². The van der Waals surface area contributed by atoms with Crippen molar-refractivity contribution in [2.45, 2.75) is 283 Å². The van der Waals surface area contributed by atoms with Crippen molar-refractivity contribution in [1.82, 2.24) is 0 Å². The number of esters is 2. The molecule has 0 heterocycles. The summed E-state index contributed by atoms with van der Waals surface area (Å²) in [4.78, 5) is 37.3. The molecule has 0 radical (unpaired) electrons. The second-order valence-electron chi connectivity index (χ2n) is 23.0. The predicted octanol–water partition coefficient (Wildman–Crippen LogP) is 18.9. The Bertz CT molecular complexity index is 1700. The number of carbonyl (C=O) groups is 3. The van der Waals surface area contributed by atoms with Gasteiger partial charge in [-0.2, -0.15) is 0 Å². The van der Waals surface area contributed by atoms with Gasteiger partial charge in [0.15, 0.2) is 12.4 Å². The number of rotatable bonds is 60. The van der Waals surface area contributed by atoms with Gasteiger partial charge in [0.25, 0.3) is 0 Å². The Morgan fingerprint density at radius 1 is 0.383 bits per heavy atom. The van der Waals surface area contributed by atoms with Gasteiger partial charge < -0.3 is 33.3 Å². The van der Waals surface area contributed by atoms with E-state index in [0.717, 1.165) is 109 Å². The zero-order valence-electron chi connectivity index (χ0n) is 52.9. The standard InChI is InChI=1S/C72H123NO8/c1-6-8-10-12-14-16-18-20-22-23-24-25-26-27-28-29-30-31-32-33-34-35-36-37-38-39-40-41-42-43-44-45-46-47-49-51-53-55-57-59-61-63-70(75)81-68(67-80-72(71(76)77)78-65-64-73(3,4)5)66-79-69(74)62-60-58-56-54-52-50-48-21-19-17-15-13-11-9-7-2/h8,10,14,16,20-22,24-25,27-28,30-31,33-34,36-37,48,68,72H,6-7,9,11-13,15,17-19,23,26,29,32,35,38-47,49-67H2,1-5H3/b10-8-,16-14-,22-20-,25-24-,28-27-,31-30-,34-33-,37-36-,48-21-. The van der Waals surface area contributed by atoms with E-state index in [0.29, 0.717) is 17.4 Å². The molecule has 0 aromatic rings. The van der Waals surface area contributed by atoms with Crippen LogP contribution in [0.2, 0.25) is 0 Å². The number of nitrogens with zero attached hydrogens (tertiary/aromatic N) is 1. The van der Waals surface area contributed by atoms with Gasteiger partial charge in [-0.15, -0.1) is 0 Å². The maximum absolute atomic E-state index is 12.9. The lowest BCUT2D eigenvalue weighted by molar-refractivity contribution is -0.870. The van der Waals surface area contributed by atoms with Gasteiger partial charge in [0.1, 0.15) is 13.2 Å². The maximum Gasteiger partial charge on any atom is 0.306 e. The molecule has 0 N–H and O–H groups in total. The molecule has 0 aliphatic rings. The van der Waals surface area contributed by atoms with Gasteiger partial charge >= 0.3 is 11.9 Å². The smallest absolute Gasteiger partial charge is 0.306 e. The Labute approximate surface area is 498 Å². The lowest BCUT2D eigenvalue weighted by Gasteiger charge is -2.26. The number of hydrogen-bond donors (Lipinski definition) is 0. The van der Waals surface area contributed by atoms with E-state index >= 15 is 0 Å². The van der Waals surface area contributed by atoms with Gasteiger partial charge in [-0.05, 0) is 103 Å². The molecular formula is C72H123NO8. The number of unbranched alkanes of at least 4 members (excludes halogenated alkanes) is 27. The van der Waals surface area contributed by atoms with Crippen molar-refractivity contribution in [3.8, 4) is 0 Å². The molecule has 81 heavy (non-hydrogen) atoms. The van der Waals surface area contributed by atoms with E-state index < -0.39 is 24.3 Å². The molecule has 0 aromatic carbocycles. The number of quaternary nitrogens is 1. The molecule has 9 heteroatoms. The molecule has 464 valence electrons. The molecule has 0 saturated carbocycles. The van der Waals surface area contributed by atoms with Crippen LogP contribution in [-0.4, -0.2) is 82.3 Å². The van der Waals surface area contributed by atoms with Gasteiger partial charge in [-0.3, -0.25) is 9.59 Å². The van der Waals surface area contributed by atoms with E-state index in [1.54, 1.807) is 0 Å². The van der Waals surface area contributed by atoms with Crippen molar-refractivity contribution < 1.29 is 42.9 Å². The number of likely N-dealkylation sites (N-methyl/N-ethyl adjacent to an activating group) is 1. The fourth-order valence-electron chi connectivity index (χ4n) is 8.96. The van der Waals surface area contributed by atoms with Crippen molar-refractivity contribution in [3.63, 3.8) is 0 Å². The Kier molecular flexibility index (Phi) is 58.9. The average Bonchev–Trinajstić information content (AvgIpc) is 3.44. The summed E-state index contributed by atoms with van der Waals surface area (Å²) in [5, 5.41) is 11.8. The molecule has 0 fully saturated rings. The van der Waals surface area contributed by atoms with Crippen LogP contribution in [0.3, 0.4) is 0 Å². The van der Waals surface area contributed by atoms with Crippen LogP contribution in [-0.2, 0) is 33.3 Å². The lowest BCUT2D eigenvalue weighted by Crippen LogP contribution is -2.44. The molecule has 9 nitrogen and oxygen atoms in total.